The average Bonchev–Trinajstić information content (AvgIpc) is 1.97. The smallest absolute Gasteiger partial charge is 0.225 e. The number of amides is 1. The minimum absolute atomic E-state index is 0.00685. The second kappa shape index (κ2) is 3.94. The minimum atomic E-state index is -0.449. The molecular formula is C7H15N3O2. The molecule has 70 valence electrons. The van der Waals surface area contributed by atoms with Crippen LogP contribution in [0.5, 0.6) is 0 Å². The molecule has 0 spiro atoms. The molecule has 0 bridgehead atoms. The quantitative estimate of drug-likeness (QED) is 0.236. The Balaban J connectivity index is 3.89. The van der Waals surface area contributed by atoms with E-state index in [9.17, 15) is 4.79 Å². The molecule has 4 N–H and O–H groups in total. The zero-order chi connectivity index (χ0) is 9.78. The Morgan fingerprint density at radius 2 is 2.08 bits per heavy atom. The highest BCUT2D eigenvalue weighted by Gasteiger charge is 2.20. The molecule has 0 unspecified atom stereocenters. The van der Waals surface area contributed by atoms with E-state index in [4.69, 9.17) is 10.9 Å². The first-order chi connectivity index (χ1) is 5.38. The Kier molecular flexibility index (Phi) is 3.53. The maximum atomic E-state index is 11.2. The molecule has 0 aliphatic rings. The molecule has 0 aliphatic carbocycles. The van der Waals surface area contributed by atoms with E-state index in [2.05, 4.69) is 10.5 Å². The number of carbonyl (C=O) groups excluding carboxylic acids is 1. The number of nitrogens with one attached hydrogen (secondary N) is 1. The van der Waals surface area contributed by atoms with Gasteiger partial charge in [0.05, 0.1) is 6.54 Å². The van der Waals surface area contributed by atoms with Crippen molar-refractivity contribution in [1.29, 1.82) is 0 Å². The van der Waals surface area contributed by atoms with Crippen LogP contribution in [0.3, 0.4) is 0 Å². The van der Waals surface area contributed by atoms with E-state index in [0.717, 1.165) is 0 Å². The molecule has 0 fully saturated rings. The number of hydrogen-bond donors (Lipinski definition) is 3. The molecule has 0 aromatic carbocycles. The van der Waals surface area contributed by atoms with Crippen LogP contribution in [0, 0.1) is 5.41 Å². The molecule has 0 atom stereocenters. The summed E-state index contributed by atoms with van der Waals surface area (Å²) in [7, 11) is 0. The molecule has 12 heavy (non-hydrogen) atoms. The van der Waals surface area contributed by atoms with Gasteiger partial charge in [-0.15, -0.1) is 0 Å². The lowest BCUT2D eigenvalue weighted by Crippen LogP contribution is -2.40. The molecule has 0 radical (unpaired) electrons. The van der Waals surface area contributed by atoms with E-state index in [0.29, 0.717) is 0 Å². The topological polar surface area (TPSA) is 87.7 Å². The van der Waals surface area contributed by atoms with E-state index in [1.807, 2.05) is 0 Å². The molecule has 1 amide bonds. The molecule has 5 nitrogen and oxygen atoms in total. The SMILES string of the molecule is CC(C)(C)C(=O)NC/C(N)=N/O. The van der Waals surface area contributed by atoms with Crippen molar-refractivity contribution in [2.24, 2.45) is 16.3 Å². The lowest BCUT2D eigenvalue weighted by Gasteiger charge is -2.16. The van der Waals surface area contributed by atoms with Gasteiger partial charge in [0.15, 0.2) is 5.84 Å². The first kappa shape index (κ1) is 10.7. The number of oxime groups is 1. The zero-order valence-corrected chi connectivity index (χ0v) is 7.59. The summed E-state index contributed by atoms with van der Waals surface area (Å²) in [5.41, 5.74) is 4.70. The lowest BCUT2D eigenvalue weighted by atomic mass is 9.96. The van der Waals surface area contributed by atoms with Crippen molar-refractivity contribution in [2.75, 3.05) is 6.54 Å². The Bertz CT molecular complexity index is 193. The van der Waals surface area contributed by atoms with Gasteiger partial charge in [-0.25, -0.2) is 0 Å². The summed E-state index contributed by atoms with van der Waals surface area (Å²) in [6, 6.07) is 0. The fraction of sp³-hybridized carbons (Fsp3) is 0.714. The number of amidine groups is 1. The molecule has 0 heterocycles. The predicted molar refractivity (Wildman–Crippen MR) is 45.9 cm³/mol. The van der Waals surface area contributed by atoms with Crippen LogP contribution < -0.4 is 11.1 Å². The van der Waals surface area contributed by atoms with Gasteiger partial charge in [-0.3, -0.25) is 4.79 Å². The lowest BCUT2D eigenvalue weighted by molar-refractivity contribution is -0.128. The second-order valence-corrected chi connectivity index (χ2v) is 3.52. The Morgan fingerprint density at radius 3 is 2.42 bits per heavy atom. The predicted octanol–water partition coefficient (Wildman–Crippen LogP) is -0.105. The average molecular weight is 173 g/mol. The van der Waals surface area contributed by atoms with Gasteiger partial charge < -0.3 is 16.3 Å². The van der Waals surface area contributed by atoms with Crippen molar-refractivity contribution in [3.8, 4) is 0 Å². The third-order valence-electron chi connectivity index (χ3n) is 1.24. The maximum absolute atomic E-state index is 11.2. The largest absolute Gasteiger partial charge is 0.409 e. The van der Waals surface area contributed by atoms with E-state index < -0.39 is 5.41 Å². The number of hydrogen-bond acceptors (Lipinski definition) is 3. The van der Waals surface area contributed by atoms with Crippen LogP contribution in [0.25, 0.3) is 0 Å². The Morgan fingerprint density at radius 1 is 1.58 bits per heavy atom. The third-order valence-corrected chi connectivity index (χ3v) is 1.24. The summed E-state index contributed by atoms with van der Waals surface area (Å²) >= 11 is 0. The third kappa shape index (κ3) is 3.80. The summed E-state index contributed by atoms with van der Waals surface area (Å²) in [6.07, 6.45) is 0. The van der Waals surface area contributed by atoms with Crippen molar-refractivity contribution in [3.05, 3.63) is 0 Å². The van der Waals surface area contributed by atoms with Gasteiger partial charge in [-0.05, 0) is 0 Å². The van der Waals surface area contributed by atoms with Gasteiger partial charge in [0.1, 0.15) is 0 Å². The highest BCUT2D eigenvalue weighted by Crippen LogP contribution is 2.11. The van der Waals surface area contributed by atoms with Gasteiger partial charge in [-0.1, -0.05) is 25.9 Å². The van der Waals surface area contributed by atoms with Crippen LogP contribution in [0.2, 0.25) is 0 Å². The molecule has 5 heteroatoms. The number of nitrogens with two attached hydrogens (primary N) is 1. The van der Waals surface area contributed by atoms with E-state index in [1.54, 1.807) is 20.8 Å². The molecule has 0 saturated carbocycles. The number of carbonyl (C=O) groups is 1. The van der Waals surface area contributed by atoms with Crippen LogP contribution in [0.15, 0.2) is 5.16 Å². The highest BCUT2D eigenvalue weighted by atomic mass is 16.4. The Hall–Kier alpha value is -1.26. The molecule has 0 rings (SSSR count). The van der Waals surface area contributed by atoms with Gasteiger partial charge in [0.2, 0.25) is 5.91 Å². The summed E-state index contributed by atoms with van der Waals surface area (Å²) < 4.78 is 0. The van der Waals surface area contributed by atoms with Crippen molar-refractivity contribution in [3.63, 3.8) is 0 Å². The summed E-state index contributed by atoms with van der Waals surface area (Å²) in [4.78, 5) is 11.2. The zero-order valence-electron chi connectivity index (χ0n) is 7.59. The number of nitrogens with zero attached hydrogens (tertiary/aromatic N) is 1. The second-order valence-electron chi connectivity index (χ2n) is 3.52. The van der Waals surface area contributed by atoms with Crippen LogP contribution in [0.4, 0.5) is 0 Å². The molecule has 0 aromatic rings. The highest BCUT2D eigenvalue weighted by molar-refractivity contribution is 5.88. The summed E-state index contributed by atoms with van der Waals surface area (Å²) in [6.45, 7) is 5.43. The maximum Gasteiger partial charge on any atom is 0.225 e. The van der Waals surface area contributed by atoms with Crippen molar-refractivity contribution in [1.82, 2.24) is 5.32 Å². The Labute approximate surface area is 71.6 Å². The molecule has 0 aliphatic heterocycles. The van der Waals surface area contributed by atoms with Crippen LogP contribution in [-0.2, 0) is 4.79 Å². The first-order valence-corrected chi connectivity index (χ1v) is 3.62. The van der Waals surface area contributed by atoms with Crippen LogP contribution in [-0.4, -0.2) is 23.5 Å². The van der Waals surface area contributed by atoms with Crippen molar-refractivity contribution < 1.29 is 10.0 Å². The summed E-state index contributed by atoms with van der Waals surface area (Å²) in [5, 5.41) is 13.4. The number of rotatable bonds is 2. The first-order valence-electron chi connectivity index (χ1n) is 3.62. The van der Waals surface area contributed by atoms with Gasteiger partial charge >= 0.3 is 0 Å². The van der Waals surface area contributed by atoms with E-state index in [-0.39, 0.29) is 18.3 Å². The molecule has 0 saturated heterocycles. The van der Waals surface area contributed by atoms with Gasteiger partial charge in [-0.2, -0.15) is 0 Å². The van der Waals surface area contributed by atoms with E-state index in [1.165, 1.54) is 0 Å². The molecular weight excluding hydrogens is 158 g/mol. The van der Waals surface area contributed by atoms with Gasteiger partial charge in [0.25, 0.3) is 0 Å². The van der Waals surface area contributed by atoms with Gasteiger partial charge in [0, 0.05) is 5.41 Å². The van der Waals surface area contributed by atoms with Crippen molar-refractivity contribution in [2.45, 2.75) is 20.8 Å². The normalized spacial score (nSPS) is 12.8. The fourth-order valence-electron chi connectivity index (χ4n) is 0.471. The minimum Gasteiger partial charge on any atom is -0.409 e. The molecule has 0 aromatic heterocycles. The standard InChI is InChI=1S/C7H15N3O2/c1-7(2,3)6(11)9-4-5(8)10-12/h12H,4H2,1-3H3,(H2,8,10)(H,9,11). The van der Waals surface area contributed by atoms with E-state index >= 15 is 0 Å². The fourth-order valence-corrected chi connectivity index (χ4v) is 0.471. The van der Waals surface area contributed by atoms with Crippen LogP contribution >= 0.6 is 0 Å². The van der Waals surface area contributed by atoms with Crippen LogP contribution in [0.1, 0.15) is 20.8 Å². The monoisotopic (exact) mass is 173 g/mol. The van der Waals surface area contributed by atoms with Crippen molar-refractivity contribution >= 4 is 11.7 Å². The summed E-state index contributed by atoms with van der Waals surface area (Å²) in [5.74, 6) is -0.137.